The highest BCUT2D eigenvalue weighted by atomic mass is 16.5. The van der Waals surface area contributed by atoms with Crippen LogP contribution in [0.4, 0.5) is 0 Å². The molecule has 6 nitrogen and oxygen atoms in total. The second-order valence-corrected chi connectivity index (χ2v) is 6.36. The molecule has 0 aliphatic heterocycles. The third kappa shape index (κ3) is 4.27. The Morgan fingerprint density at radius 2 is 1.86 bits per heavy atom. The van der Waals surface area contributed by atoms with Gasteiger partial charge in [-0.2, -0.15) is 5.26 Å². The Bertz CT molecular complexity index is 1110. The van der Waals surface area contributed by atoms with Crippen LogP contribution in [0.1, 0.15) is 32.7 Å². The molecule has 1 heterocycles. The standard InChI is InChI=1S/C22H19N3O3/c1-14-11-15(2)25-22(27)19(14)13-24-21(26)16-7-9-18(10-8-16)28-20-6-4-3-5-17(20)12-23/h3-11H,13H2,1-2H3,(H,24,26)(H,25,27). The van der Waals surface area contributed by atoms with Gasteiger partial charge in [-0.25, -0.2) is 0 Å². The fourth-order valence-electron chi connectivity index (χ4n) is 2.82. The van der Waals surface area contributed by atoms with Gasteiger partial charge in [-0.3, -0.25) is 9.59 Å². The number of H-pyrrole nitrogens is 1. The molecule has 0 spiro atoms. The number of rotatable bonds is 5. The van der Waals surface area contributed by atoms with Crippen LogP contribution in [0.2, 0.25) is 0 Å². The average Bonchev–Trinajstić information content (AvgIpc) is 2.68. The highest BCUT2D eigenvalue weighted by molar-refractivity contribution is 5.94. The molecule has 28 heavy (non-hydrogen) atoms. The number of aryl methyl sites for hydroxylation is 2. The van der Waals surface area contributed by atoms with Crippen molar-refractivity contribution in [1.29, 1.82) is 5.26 Å². The lowest BCUT2D eigenvalue weighted by Crippen LogP contribution is -2.27. The van der Waals surface area contributed by atoms with Gasteiger partial charge in [0.05, 0.1) is 5.56 Å². The molecule has 0 fully saturated rings. The van der Waals surface area contributed by atoms with Crippen molar-refractivity contribution in [3.8, 4) is 17.6 Å². The average molecular weight is 373 g/mol. The van der Waals surface area contributed by atoms with Gasteiger partial charge in [0.1, 0.15) is 17.6 Å². The minimum atomic E-state index is -0.289. The van der Waals surface area contributed by atoms with Gasteiger partial charge >= 0.3 is 0 Å². The number of hydrogen-bond acceptors (Lipinski definition) is 4. The van der Waals surface area contributed by atoms with Gasteiger partial charge in [0.15, 0.2) is 0 Å². The third-order valence-electron chi connectivity index (χ3n) is 4.27. The van der Waals surface area contributed by atoms with Crippen molar-refractivity contribution < 1.29 is 9.53 Å². The fraction of sp³-hybridized carbons (Fsp3) is 0.136. The number of nitrogens with one attached hydrogen (secondary N) is 2. The highest BCUT2D eigenvalue weighted by Gasteiger charge is 2.10. The Hall–Kier alpha value is -3.85. The Labute approximate surface area is 162 Å². The van der Waals surface area contributed by atoms with Gasteiger partial charge in [0.2, 0.25) is 0 Å². The van der Waals surface area contributed by atoms with Crippen LogP contribution < -0.4 is 15.6 Å². The van der Waals surface area contributed by atoms with Crippen molar-refractivity contribution in [1.82, 2.24) is 10.3 Å². The van der Waals surface area contributed by atoms with Crippen LogP contribution in [-0.4, -0.2) is 10.9 Å². The van der Waals surface area contributed by atoms with E-state index >= 15 is 0 Å². The van der Waals surface area contributed by atoms with E-state index in [0.717, 1.165) is 11.3 Å². The molecule has 2 N–H and O–H groups in total. The molecule has 0 aliphatic rings. The summed E-state index contributed by atoms with van der Waals surface area (Å²) in [5.74, 6) is 0.685. The summed E-state index contributed by atoms with van der Waals surface area (Å²) >= 11 is 0. The van der Waals surface area contributed by atoms with Crippen molar-refractivity contribution >= 4 is 5.91 Å². The van der Waals surface area contributed by atoms with Crippen molar-refractivity contribution in [3.63, 3.8) is 0 Å². The molecule has 140 valence electrons. The molecule has 0 atom stereocenters. The number of nitriles is 1. The number of carbonyl (C=O) groups is 1. The summed E-state index contributed by atoms with van der Waals surface area (Å²) in [7, 11) is 0. The molecule has 0 radical (unpaired) electrons. The topological polar surface area (TPSA) is 95.0 Å². The molecule has 0 saturated heterocycles. The van der Waals surface area contributed by atoms with E-state index in [4.69, 9.17) is 10.00 Å². The van der Waals surface area contributed by atoms with Crippen LogP contribution in [0, 0.1) is 25.2 Å². The second kappa shape index (κ2) is 8.23. The van der Waals surface area contributed by atoms with Crippen LogP contribution in [0.15, 0.2) is 59.4 Å². The van der Waals surface area contributed by atoms with E-state index in [1.165, 1.54) is 0 Å². The zero-order chi connectivity index (χ0) is 20.1. The molecular formula is C22H19N3O3. The molecular weight excluding hydrogens is 354 g/mol. The maximum absolute atomic E-state index is 12.4. The lowest BCUT2D eigenvalue weighted by atomic mass is 10.1. The summed E-state index contributed by atoms with van der Waals surface area (Å²) in [5, 5.41) is 11.9. The predicted octanol–water partition coefficient (Wildman–Crippen LogP) is 3.59. The number of hydrogen-bond donors (Lipinski definition) is 2. The Balaban J connectivity index is 1.67. The molecule has 0 unspecified atom stereocenters. The van der Waals surface area contributed by atoms with E-state index in [1.807, 2.05) is 19.9 Å². The quantitative estimate of drug-likeness (QED) is 0.714. The molecule has 3 aromatic rings. The molecule has 1 aromatic heterocycles. The van der Waals surface area contributed by atoms with Gasteiger partial charge < -0.3 is 15.0 Å². The fourth-order valence-corrected chi connectivity index (χ4v) is 2.82. The van der Waals surface area contributed by atoms with E-state index in [0.29, 0.717) is 28.2 Å². The van der Waals surface area contributed by atoms with E-state index in [2.05, 4.69) is 16.4 Å². The minimum Gasteiger partial charge on any atom is -0.456 e. The first kappa shape index (κ1) is 18.9. The Kier molecular flexibility index (Phi) is 5.56. The van der Waals surface area contributed by atoms with Crippen molar-refractivity contribution in [2.45, 2.75) is 20.4 Å². The summed E-state index contributed by atoms with van der Waals surface area (Å²) in [4.78, 5) is 27.1. The Morgan fingerprint density at radius 1 is 1.14 bits per heavy atom. The van der Waals surface area contributed by atoms with Gasteiger partial charge in [-0.05, 0) is 61.9 Å². The predicted molar refractivity (Wildman–Crippen MR) is 105 cm³/mol. The molecule has 0 saturated carbocycles. The molecule has 0 bridgehead atoms. The van der Waals surface area contributed by atoms with E-state index < -0.39 is 0 Å². The number of amides is 1. The molecule has 3 rings (SSSR count). The first-order valence-electron chi connectivity index (χ1n) is 8.72. The minimum absolute atomic E-state index is 0.147. The van der Waals surface area contributed by atoms with Gasteiger partial charge in [0, 0.05) is 23.4 Å². The Morgan fingerprint density at radius 3 is 2.54 bits per heavy atom. The second-order valence-electron chi connectivity index (χ2n) is 6.36. The molecule has 2 aromatic carbocycles. The summed E-state index contributed by atoms with van der Waals surface area (Å²) in [6.45, 7) is 3.80. The number of ether oxygens (including phenoxy) is 1. The monoisotopic (exact) mass is 373 g/mol. The normalized spacial score (nSPS) is 10.2. The van der Waals surface area contributed by atoms with Crippen LogP contribution in [-0.2, 0) is 6.54 Å². The smallest absolute Gasteiger partial charge is 0.253 e. The van der Waals surface area contributed by atoms with Crippen molar-refractivity contribution in [2.75, 3.05) is 0 Å². The number of aromatic nitrogens is 1. The lowest BCUT2D eigenvalue weighted by Gasteiger charge is -2.10. The van der Waals surface area contributed by atoms with Gasteiger partial charge in [-0.1, -0.05) is 12.1 Å². The summed E-state index contributed by atoms with van der Waals surface area (Å²) in [6.07, 6.45) is 0. The molecule has 1 amide bonds. The molecule has 0 aliphatic carbocycles. The number of para-hydroxylation sites is 1. The number of carbonyl (C=O) groups excluding carboxylic acids is 1. The van der Waals surface area contributed by atoms with Crippen molar-refractivity contribution in [2.24, 2.45) is 0 Å². The van der Waals surface area contributed by atoms with E-state index in [1.54, 1.807) is 48.5 Å². The van der Waals surface area contributed by atoms with Gasteiger partial charge in [-0.15, -0.1) is 0 Å². The molecule has 6 heteroatoms. The number of nitrogens with zero attached hydrogens (tertiary/aromatic N) is 1. The summed E-state index contributed by atoms with van der Waals surface area (Å²) in [6, 6.07) is 17.5. The maximum atomic E-state index is 12.4. The lowest BCUT2D eigenvalue weighted by molar-refractivity contribution is 0.0950. The number of benzene rings is 2. The van der Waals surface area contributed by atoms with Gasteiger partial charge in [0.25, 0.3) is 11.5 Å². The SMILES string of the molecule is Cc1cc(C)c(CNC(=O)c2ccc(Oc3ccccc3C#N)cc2)c(=O)[nH]1. The van der Waals surface area contributed by atoms with Crippen molar-refractivity contribution in [3.05, 3.63) is 92.9 Å². The summed E-state index contributed by atoms with van der Waals surface area (Å²) in [5.41, 5.74) is 2.84. The van der Waals surface area contributed by atoms with Crippen LogP contribution in [0.5, 0.6) is 11.5 Å². The largest absolute Gasteiger partial charge is 0.456 e. The zero-order valence-electron chi connectivity index (χ0n) is 15.6. The van der Waals surface area contributed by atoms with E-state index in [-0.39, 0.29) is 18.0 Å². The van der Waals surface area contributed by atoms with Crippen LogP contribution in [0.25, 0.3) is 0 Å². The zero-order valence-corrected chi connectivity index (χ0v) is 15.6. The highest BCUT2D eigenvalue weighted by Crippen LogP contribution is 2.24. The third-order valence-corrected chi connectivity index (χ3v) is 4.27. The van der Waals surface area contributed by atoms with Crippen LogP contribution >= 0.6 is 0 Å². The van der Waals surface area contributed by atoms with E-state index in [9.17, 15) is 9.59 Å². The first-order chi connectivity index (χ1) is 13.5. The number of aromatic amines is 1. The maximum Gasteiger partial charge on any atom is 0.253 e. The number of pyridine rings is 1. The summed E-state index contributed by atoms with van der Waals surface area (Å²) < 4.78 is 5.71. The van der Waals surface area contributed by atoms with Crippen LogP contribution in [0.3, 0.4) is 0 Å². The first-order valence-corrected chi connectivity index (χ1v) is 8.72.